The summed E-state index contributed by atoms with van der Waals surface area (Å²) in [7, 11) is 0. The minimum Gasteiger partial charge on any atom is -0.381 e. The van der Waals surface area contributed by atoms with Gasteiger partial charge in [0.1, 0.15) is 5.69 Å². The Hall–Kier alpha value is -2.80. The smallest absolute Gasteiger partial charge is 0.250 e. The number of hydrogen-bond acceptors (Lipinski definition) is 4. The van der Waals surface area contributed by atoms with Crippen LogP contribution in [-0.4, -0.2) is 45.1 Å². The summed E-state index contributed by atoms with van der Waals surface area (Å²) in [6.07, 6.45) is 8.42. The van der Waals surface area contributed by atoms with E-state index in [0.29, 0.717) is 25.7 Å². The van der Waals surface area contributed by atoms with Gasteiger partial charge in [-0.25, -0.2) is 8.78 Å². The number of piperidine rings is 1. The minimum absolute atomic E-state index is 0.0706. The summed E-state index contributed by atoms with van der Waals surface area (Å²) in [5, 5.41) is 12.2. The molecular weight excluding hydrogens is 408 g/mol. The summed E-state index contributed by atoms with van der Waals surface area (Å²) < 4.78 is 26.9. The van der Waals surface area contributed by atoms with E-state index in [2.05, 4.69) is 50.2 Å². The number of hydrogen-bond donors (Lipinski definition) is 2. The fourth-order valence-electron chi connectivity index (χ4n) is 4.84. The van der Waals surface area contributed by atoms with Crippen molar-refractivity contribution in [3.63, 3.8) is 0 Å². The van der Waals surface area contributed by atoms with Crippen LogP contribution in [0.15, 0.2) is 43.2 Å². The van der Waals surface area contributed by atoms with Gasteiger partial charge in [-0.3, -0.25) is 15.0 Å². The molecule has 2 fully saturated rings. The maximum Gasteiger partial charge on any atom is 0.250 e. The van der Waals surface area contributed by atoms with Gasteiger partial charge in [0.15, 0.2) is 0 Å². The third kappa shape index (κ3) is 4.53. The fourth-order valence-corrected chi connectivity index (χ4v) is 4.84. The second-order valence-electron chi connectivity index (χ2n) is 9.15. The molecule has 5 rings (SSSR count). The van der Waals surface area contributed by atoms with Crippen LogP contribution in [0.2, 0.25) is 0 Å². The highest BCUT2D eigenvalue weighted by Crippen LogP contribution is 2.30. The highest BCUT2D eigenvalue weighted by Gasteiger charge is 2.33. The second-order valence-corrected chi connectivity index (χ2v) is 9.15. The van der Waals surface area contributed by atoms with E-state index >= 15 is 0 Å². The van der Waals surface area contributed by atoms with Gasteiger partial charge >= 0.3 is 0 Å². The van der Waals surface area contributed by atoms with Crippen LogP contribution in [0.5, 0.6) is 0 Å². The molecular formula is C25H29F2N5. The monoisotopic (exact) mass is 437 g/mol. The van der Waals surface area contributed by atoms with Crippen LogP contribution in [0.3, 0.4) is 0 Å². The Balaban J connectivity index is 1.35. The predicted molar refractivity (Wildman–Crippen MR) is 123 cm³/mol. The van der Waals surface area contributed by atoms with E-state index in [1.54, 1.807) is 0 Å². The van der Waals surface area contributed by atoms with Gasteiger partial charge in [0.05, 0.1) is 11.2 Å². The number of rotatable bonds is 6. The predicted octanol–water partition coefficient (Wildman–Crippen LogP) is 5.36. The maximum atomic E-state index is 13.4. The van der Waals surface area contributed by atoms with Gasteiger partial charge in [0.2, 0.25) is 0 Å². The topological polar surface area (TPSA) is 56.8 Å². The fraction of sp³-hybridized carbons (Fsp3) is 0.440. The molecule has 1 aliphatic carbocycles. The standard InChI is InChI=1S/C25H29F2N5/c1-17(29-21-4-2-3-5-21)24-22-13-19(6-7-23(22)30-31-24)20-12-18(14-28-15-20)16-32-10-8-25(26,27)9-11-32/h6-7,12-15,21,29H,1-5,8-11,16H2,(H,30,31). The number of halogens is 2. The summed E-state index contributed by atoms with van der Waals surface area (Å²) in [5.74, 6) is -2.52. The van der Waals surface area contributed by atoms with Crippen LogP contribution in [0.4, 0.5) is 8.78 Å². The number of aromatic amines is 1. The molecule has 1 aliphatic heterocycles. The zero-order valence-corrected chi connectivity index (χ0v) is 18.2. The first kappa shape index (κ1) is 21.1. The summed E-state index contributed by atoms with van der Waals surface area (Å²) in [5.41, 5.74) is 5.77. The van der Waals surface area contributed by atoms with Crippen molar-refractivity contribution in [1.82, 2.24) is 25.4 Å². The van der Waals surface area contributed by atoms with E-state index < -0.39 is 5.92 Å². The number of nitrogens with zero attached hydrogens (tertiary/aromatic N) is 3. The lowest BCUT2D eigenvalue weighted by atomic mass is 10.0. The zero-order chi connectivity index (χ0) is 22.1. The van der Waals surface area contributed by atoms with Gasteiger partial charge in [-0.15, -0.1) is 0 Å². The third-order valence-corrected chi connectivity index (χ3v) is 6.70. The Morgan fingerprint density at radius 1 is 1.12 bits per heavy atom. The van der Waals surface area contributed by atoms with E-state index in [1.165, 1.54) is 25.7 Å². The molecule has 1 aromatic carbocycles. The summed E-state index contributed by atoms with van der Waals surface area (Å²) in [4.78, 5) is 6.50. The average molecular weight is 438 g/mol. The molecule has 0 radical (unpaired) electrons. The van der Waals surface area contributed by atoms with E-state index in [4.69, 9.17) is 0 Å². The molecule has 7 heteroatoms. The molecule has 3 heterocycles. The summed E-state index contributed by atoms with van der Waals surface area (Å²) >= 11 is 0. The maximum absolute atomic E-state index is 13.4. The molecule has 2 aliphatic rings. The molecule has 0 unspecified atom stereocenters. The zero-order valence-electron chi connectivity index (χ0n) is 18.2. The lowest BCUT2D eigenvalue weighted by Gasteiger charge is -2.31. The number of alkyl halides is 2. The molecule has 0 amide bonds. The van der Waals surface area contributed by atoms with Crippen molar-refractivity contribution < 1.29 is 8.78 Å². The molecule has 0 atom stereocenters. The highest BCUT2D eigenvalue weighted by atomic mass is 19.3. The Morgan fingerprint density at radius 3 is 2.69 bits per heavy atom. The minimum atomic E-state index is -2.52. The number of pyridine rings is 1. The van der Waals surface area contributed by atoms with Crippen molar-refractivity contribution in [2.45, 2.75) is 57.0 Å². The van der Waals surface area contributed by atoms with Crippen molar-refractivity contribution in [1.29, 1.82) is 0 Å². The van der Waals surface area contributed by atoms with Crippen LogP contribution in [-0.2, 0) is 6.54 Å². The normalized spacial score (nSPS) is 19.4. The molecule has 3 aromatic rings. The number of aromatic nitrogens is 3. The SMILES string of the molecule is C=C(NC1CCCC1)c1n[nH]c2ccc(-c3cncc(CN4CCC(F)(F)CC4)c3)cc12. The first-order chi connectivity index (χ1) is 15.5. The van der Waals surface area contributed by atoms with Gasteiger partial charge in [-0.1, -0.05) is 25.5 Å². The molecule has 0 spiro atoms. The average Bonchev–Trinajstić information content (AvgIpc) is 3.45. The largest absolute Gasteiger partial charge is 0.381 e. The van der Waals surface area contributed by atoms with Crippen molar-refractivity contribution in [3.05, 3.63) is 54.5 Å². The molecule has 1 saturated carbocycles. The van der Waals surface area contributed by atoms with Crippen molar-refractivity contribution in [3.8, 4) is 11.1 Å². The van der Waals surface area contributed by atoms with Gasteiger partial charge in [-0.05, 0) is 42.2 Å². The van der Waals surface area contributed by atoms with Gasteiger partial charge in [-0.2, -0.15) is 5.10 Å². The summed E-state index contributed by atoms with van der Waals surface area (Å²) in [6, 6.07) is 8.79. The third-order valence-electron chi connectivity index (χ3n) is 6.70. The van der Waals surface area contributed by atoms with Gasteiger partial charge < -0.3 is 5.32 Å². The number of fused-ring (bicyclic) bond motifs is 1. The van der Waals surface area contributed by atoms with E-state index in [0.717, 1.165) is 39.0 Å². The van der Waals surface area contributed by atoms with Gasteiger partial charge in [0, 0.05) is 61.9 Å². The lowest BCUT2D eigenvalue weighted by Crippen LogP contribution is -2.38. The van der Waals surface area contributed by atoms with E-state index in [-0.39, 0.29) is 12.8 Å². The first-order valence-electron chi connectivity index (χ1n) is 11.5. The van der Waals surface area contributed by atoms with Crippen molar-refractivity contribution in [2.24, 2.45) is 0 Å². The number of likely N-dealkylation sites (tertiary alicyclic amines) is 1. The van der Waals surface area contributed by atoms with Crippen LogP contribution in [0, 0.1) is 0 Å². The highest BCUT2D eigenvalue weighted by molar-refractivity contribution is 5.92. The quantitative estimate of drug-likeness (QED) is 0.545. The Kier molecular flexibility index (Phi) is 5.67. The molecule has 2 aromatic heterocycles. The Morgan fingerprint density at radius 2 is 1.91 bits per heavy atom. The summed E-state index contributed by atoms with van der Waals surface area (Å²) in [6.45, 7) is 5.70. The number of benzene rings is 1. The molecule has 2 N–H and O–H groups in total. The Bertz CT molecular complexity index is 1110. The van der Waals surface area contributed by atoms with E-state index in [9.17, 15) is 8.78 Å². The van der Waals surface area contributed by atoms with Gasteiger partial charge in [0.25, 0.3) is 5.92 Å². The molecule has 1 saturated heterocycles. The van der Waals surface area contributed by atoms with Crippen LogP contribution in [0.1, 0.15) is 49.8 Å². The number of H-pyrrole nitrogens is 1. The first-order valence-corrected chi connectivity index (χ1v) is 11.5. The van der Waals surface area contributed by atoms with Crippen LogP contribution in [0.25, 0.3) is 27.7 Å². The van der Waals surface area contributed by atoms with Crippen LogP contribution < -0.4 is 5.32 Å². The van der Waals surface area contributed by atoms with Crippen molar-refractivity contribution >= 4 is 16.6 Å². The molecule has 168 valence electrons. The second kappa shape index (κ2) is 8.62. The molecule has 0 bridgehead atoms. The van der Waals surface area contributed by atoms with Crippen molar-refractivity contribution in [2.75, 3.05) is 13.1 Å². The number of nitrogens with one attached hydrogen (secondary N) is 2. The van der Waals surface area contributed by atoms with Crippen LogP contribution >= 0.6 is 0 Å². The molecule has 5 nitrogen and oxygen atoms in total. The van der Waals surface area contributed by atoms with E-state index in [1.807, 2.05) is 18.5 Å². The molecule has 32 heavy (non-hydrogen) atoms. The lowest BCUT2D eigenvalue weighted by molar-refractivity contribution is -0.0566. The Labute approximate surface area is 186 Å².